The molecule has 31 heavy (non-hydrogen) atoms. The van der Waals surface area contributed by atoms with Crippen LogP contribution in [0.1, 0.15) is 12.0 Å². The maximum atomic E-state index is 13.9. The van der Waals surface area contributed by atoms with E-state index in [1.165, 1.54) is 36.2 Å². The number of likely N-dealkylation sites (N-methyl/N-ethyl adjacent to an activating group) is 1. The molecule has 2 aromatic carbocycles. The van der Waals surface area contributed by atoms with Crippen LogP contribution in [0.15, 0.2) is 42.5 Å². The Hall–Kier alpha value is -2.78. The van der Waals surface area contributed by atoms with Gasteiger partial charge in [-0.1, -0.05) is 0 Å². The van der Waals surface area contributed by atoms with Crippen LogP contribution in [-0.2, 0) is 21.1 Å². The van der Waals surface area contributed by atoms with Crippen LogP contribution in [0.5, 0.6) is 0 Å². The van der Waals surface area contributed by atoms with E-state index in [0.29, 0.717) is 27.7 Å². The third-order valence-corrected chi connectivity index (χ3v) is 7.47. The maximum Gasteiger partial charge on any atom is 0.223 e. The van der Waals surface area contributed by atoms with Gasteiger partial charge in [0.25, 0.3) is 0 Å². The number of hydrogen-bond acceptors (Lipinski definition) is 4. The van der Waals surface area contributed by atoms with Gasteiger partial charge in [0.05, 0.1) is 23.7 Å². The molecule has 2 N–H and O–H groups in total. The number of fused-ring (bicyclic) bond motifs is 1. The third-order valence-electron chi connectivity index (χ3n) is 5.77. The summed E-state index contributed by atoms with van der Waals surface area (Å²) >= 11 is 0. The normalized spacial score (nSPS) is 20.3. The highest BCUT2D eigenvalue weighted by Gasteiger charge is 2.40. The fourth-order valence-electron chi connectivity index (χ4n) is 4.12. The van der Waals surface area contributed by atoms with E-state index in [4.69, 9.17) is 0 Å². The second-order valence-corrected chi connectivity index (χ2v) is 10.0. The van der Waals surface area contributed by atoms with Crippen LogP contribution < -0.4 is 0 Å². The molecule has 4 rings (SSSR count). The molecule has 0 aliphatic carbocycles. The smallest absolute Gasteiger partial charge is 0.223 e. The first-order valence-corrected chi connectivity index (χ1v) is 11.7. The Morgan fingerprint density at radius 3 is 2.45 bits per heavy atom. The fraction of sp³-hybridized carbons (Fsp3) is 0.318. The van der Waals surface area contributed by atoms with E-state index >= 15 is 0 Å². The number of hydrogen-bond donors (Lipinski definition) is 2. The van der Waals surface area contributed by atoms with Crippen molar-refractivity contribution in [3.8, 4) is 11.3 Å². The third kappa shape index (κ3) is 4.33. The Morgan fingerprint density at radius 2 is 1.81 bits per heavy atom. The number of aliphatic hydroxyl groups excluding tert-OH is 1. The van der Waals surface area contributed by atoms with Gasteiger partial charge in [0, 0.05) is 30.1 Å². The Balaban J connectivity index is 1.61. The molecule has 1 aliphatic rings. The lowest BCUT2D eigenvalue weighted by molar-refractivity contribution is -0.133. The molecule has 0 unspecified atom stereocenters. The lowest BCUT2D eigenvalue weighted by Gasteiger charge is -2.26. The van der Waals surface area contributed by atoms with Crippen LogP contribution in [0.25, 0.3) is 22.2 Å². The highest BCUT2D eigenvalue weighted by molar-refractivity contribution is 7.91. The number of aromatic nitrogens is 1. The van der Waals surface area contributed by atoms with E-state index in [1.807, 2.05) is 0 Å². The molecule has 2 heterocycles. The molecule has 0 saturated carbocycles. The average molecular weight is 448 g/mol. The number of aryl methyl sites for hydroxylation is 1. The van der Waals surface area contributed by atoms with E-state index in [2.05, 4.69) is 4.98 Å². The first-order chi connectivity index (χ1) is 14.6. The number of aliphatic hydroxyl groups is 1. The average Bonchev–Trinajstić information content (AvgIpc) is 3.21. The first-order valence-electron chi connectivity index (χ1n) is 9.85. The number of nitrogens with one attached hydrogen (secondary N) is 1. The zero-order valence-corrected chi connectivity index (χ0v) is 17.6. The van der Waals surface area contributed by atoms with Gasteiger partial charge in [0.1, 0.15) is 11.6 Å². The van der Waals surface area contributed by atoms with Gasteiger partial charge in [-0.2, -0.15) is 0 Å². The standard InChI is InChI=1S/C22H22F2N2O4S/c1-26(19-11-31(29,30)12-20(19)27)21(28)9-7-16-17-10-15(24)6-8-18(17)25-22(16)13-2-4-14(23)5-3-13/h2-6,8,10,19-20,25,27H,7,9,11-12H2,1H3/t19-,20-/m1/s1. The van der Waals surface area contributed by atoms with Crippen molar-refractivity contribution in [2.45, 2.75) is 25.0 Å². The zero-order chi connectivity index (χ0) is 22.3. The van der Waals surface area contributed by atoms with Crippen molar-refractivity contribution in [1.82, 2.24) is 9.88 Å². The first kappa shape index (κ1) is 21.5. The van der Waals surface area contributed by atoms with Crippen LogP contribution in [-0.4, -0.2) is 60.0 Å². The van der Waals surface area contributed by atoms with Crippen molar-refractivity contribution < 1.29 is 27.1 Å². The Morgan fingerprint density at radius 1 is 1.13 bits per heavy atom. The van der Waals surface area contributed by atoms with Crippen LogP contribution >= 0.6 is 0 Å². The van der Waals surface area contributed by atoms with Gasteiger partial charge in [-0.25, -0.2) is 17.2 Å². The van der Waals surface area contributed by atoms with Crippen molar-refractivity contribution in [2.24, 2.45) is 0 Å². The molecule has 3 aromatic rings. The van der Waals surface area contributed by atoms with Crippen LogP contribution in [0.4, 0.5) is 8.78 Å². The Bertz CT molecular complexity index is 1240. The minimum Gasteiger partial charge on any atom is -0.390 e. The number of halogens is 2. The van der Waals surface area contributed by atoms with Gasteiger partial charge in [-0.3, -0.25) is 4.79 Å². The van der Waals surface area contributed by atoms with E-state index in [9.17, 15) is 27.1 Å². The molecule has 9 heteroatoms. The number of amides is 1. The summed E-state index contributed by atoms with van der Waals surface area (Å²) in [5, 5.41) is 10.7. The van der Waals surface area contributed by atoms with Crippen molar-refractivity contribution >= 4 is 26.6 Å². The van der Waals surface area contributed by atoms with Crippen molar-refractivity contribution in [1.29, 1.82) is 0 Å². The molecule has 6 nitrogen and oxygen atoms in total. The van der Waals surface area contributed by atoms with Crippen LogP contribution in [0, 0.1) is 11.6 Å². The molecule has 1 aromatic heterocycles. The maximum absolute atomic E-state index is 13.9. The van der Waals surface area contributed by atoms with Gasteiger partial charge in [-0.05, 0) is 60.0 Å². The predicted molar refractivity (Wildman–Crippen MR) is 113 cm³/mol. The lowest BCUT2D eigenvalue weighted by atomic mass is 10.0. The summed E-state index contributed by atoms with van der Waals surface area (Å²) in [5.41, 5.74) is 2.77. The van der Waals surface area contributed by atoms with Gasteiger partial charge in [0.2, 0.25) is 5.91 Å². The molecule has 2 atom stereocenters. The summed E-state index contributed by atoms with van der Waals surface area (Å²) in [5.74, 6) is -1.74. The highest BCUT2D eigenvalue weighted by Crippen LogP contribution is 2.32. The highest BCUT2D eigenvalue weighted by atomic mass is 32.2. The lowest BCUT2D eigenvalue weighted by Crippen LogP contribution is -2.44. The number of nitrogens with zero attached hydrogens (tertiary/aromatic N) is 1. The molecular formula is C22H22F2N2O4S. The Kier molecular flexibility index (Phi) is 5.57. The summed E-state index contributed by atoms with van der Waals surface area (Å²) in [6, 6.07) is 9.40. The number of carbonyl (C=O) groups is 1. The predicted octanol–water partition coefficient (Wildman–Crippen LogP) is 2.66. The van der Waals surface area contributed by atoms with Crippen molar-refractivity contribution in [3.63, 3.8) is 0 Å². The fourth-order valence-corrected chi connectivity index (χ4v) is 5.96. The number of benzene rings is 2. The van der Waals surface area contributed by atoms with Crippen LogP contribution in [0.3, 0.4) is 0 Å². The second-order valence-electron chi connectivity index (χ2n) is 7.89. The minimum atomic E-state index is -3.38. The largest absolute Gasteiger partial charge is 0.390 e. The Labute approximate surface area is 178 Å². The van der Waals surface area contributed by atoms with Gasteiger partial charge >= 0.3 is 0 Å². The molecule has 1 fully saturated rings. The number of sulfone groups is 1. The molecule has 164 valence electrons. The van der Waals surface area contributed by atoms with Gasteiger partial charge in [-0.15, -0.1) is 0 Å². The van der Waals surface area contributed by atoms with Gasteiger partial charge < -0.3 is 15.0 Å². The molecule has 0 radical (unpaired) electrons. The molecule has 0 bridgehead atoms. The SMILES string of the molecule is CN(C(=O)CCc1c(-c2ccc(F)cc2)[nH]c2ccc(F)cc12)[C@@H]1CS(=O)(=O)C[C@H]1O. The molecule has 1 saturated heterocycles. The molecular weight excluding hydrogens is 426 g/mol. The van der Waals surface area contributed by atoms with Gasteiger partial charge in [0.15, 0.2) is 9.84 Å². The zero-order valence-electron chi connectivity index (χ0n) is 16.8. The summed E-state index contributed by atoms with van der Waals surface area (Å²) in [7, 11) is -1.90. The topological polar surface area (TPSA) is 90.5 Å². The quantitative estimate of drug-likeness (QED) is 0.628. The van der Waals surface area contributed by atoms with Crippen molar-refractivity contribution in [3.05, 3.63) is 59.7 Å². The molecule has 1 amide bonds. The van der Waals surface area contributed by atoms with Crippen molar-refractivity contribution in [2.75, 3.05) is 18.6 Å². The van der Waals surface area contributed by atoms with E-state index < -0.39 is 27.8 Å². The number of carbonyl (C=O) groups excluding carboxylic acids is 1. The summed E-state index contributed by atoms with van der Waals surface area (Å²) in [4.78, 5) is 17.3. The minimum absolute atomic E-state index is 0.0391. The number of aromatic amines is 1. The van der Waals surface area contributed by atoms with Crippen LogP contribution in [0.2, 0.25) is 0 Å². The van der Waals surface area contributed by atoms with E-state index in [-0.39, 0.29) is 36.1 Å². The second kappa shape index (κ2) is 8.05. The number of rotatable bonds is 5. The summed E-state index contributed by atoms with van der Waals surface area (Å²) in [6.45, 7) is 0. The number of H-pyrrole nitrogens is 1. The summed E-state index contributed by atoms with van der Waals surface area (Å²) in [6.07, 6.45) is -0.817. The van der Waals surface area contributed by atoms with E-state index in [0.717, 1.165) is 0 Å². The van der Waals surface area contributed by atoms with E-state index in [1.54, 1.807) is 18.2 Å². The molecule has 0 spiro atoms. The summed E-state index contributed by atoms with van der Waals surface area (Å²) < 4.78 is 50.8. The molecule has 1 aliphatic heterocycles. The monoisotopic (exact) mass is 448 g/mol.